The second kappa shape index (κ2) is 4.61. The Balaban J connectivity index is 2.14. The summed E-state index contributed by atoms with van der Waals surface area (Å²) in [7, 11) is 1.77. The Bertz CT molecular complexity index is 652. The summed E-state index contributed by atoms with van der Waals surface area (Å²) < 4.78 is 0. The molecule has 0 unspecified atom stereocenters. The molecule has 0 fully saturated rings. The van der Waals surface area contributed by atoms with Crippen LogP contribution in [-0.4, -0.2) is 28.9 Å². The van der Waals surface area contributed by atoms with Gasteiger partial charge >= 0.3 is 0 Å². The van der Waals surface area contributed by atoms with Crippen molar-refractivity contribution in [2.75, 3.05) is 11.9 Å². The van der Waals surface area contributed by atoms with Crippen molar-refractivity contribution in [3.63, 3.8) is 0 Å². The molecule has 19 heavy (non-hydrogen) atoms. The van der Waals surface area contributed by atoms with E-state index in [4.69, 9.17) is 0 Å². The fraction of sp³-hybridized carbons (Fsp3) is 0.143. The molecule has 0 saturated heterocycles. The molecular weight excluding hydrogens is 240 g/mol. The van der Waals surface area contributed by atoms with Crippen LogP contribution >= 0.6 is 0 Å². The molecule has 0 N–H and O–H groups in total. The molecule has 1 aromatic carbocycles. The van der Waals surface area contributed by atoms with Crippen LogP contribution in [-0.2, 0) is 4.79 Å². The summed E-state index contributed by atoms with van der Waals surface area (Å²) in [4.78, 5) is 18.4. The number of aromatic nitrogens is 2. The minimum atomic E-state index is 0.0144. The topological polar surface area (TPSA) is 58.5 Å². The number of carbonyl (C=O) groups is 1. The van der Waals surface area contributed by atoms with E-state index in [1.54, 1.807) is 24.3 Å². The van der Waals surface area contributed by atoms with Crippen LogP contribution in [0.3, 0.4) is 0 Å². The number of anilines is 1. The van der Waals surface area contributed by atoms with Gasteiger partial charge in [0.2, 0.25) is 5.91 Å². The van der Waals surface area contributed by atoms with Crippen molar-refractivity contribution in [3.05, 3.63) is 48.3 Å². The van der Waals surface area contributed by atoms with Crippen LogP contribution in [0.5, 0.6) is 0 Å². The number of rotatable bonds is 1. The van der Waals surface area contributed by atoms with Gasteiger partial charge in [-0.1, -0.05) is 12.1 Å². The van der Waals surface area contributed by atoms with Crippen LogP contribution in [0.2, 0.25) is 0 Å². The predicted octanol–water partition coefficient (Wildman–Crippen LogP) is 1.96. The molecule has 5 heteroatoms. The number of benzene rings is 1. The Morgan fingerprint density at radius 3 is 2.79 bits per heavy atom. The molecule has 0 spiro atoms. The second-order valence-corrected chi connectivity index (χ2v) is 4.31. The highest BCUT2D eigenvalue weighted by Gasteiger charge is 2.21. The van der Waals surface area contributed by atoms with Crippen LogP contribution in [0.4, 0.5) is 11.4 Å². The third-order valence-electron chi connectivity index (χ3n) is 3.11. The molecule has 0 atom stereocenters. The first-order valence-electron chi connectivity index (χ1n) is 5.96. The molecule has 5 nitrogen and oxygen atoms in total. The zero-order valence-corrected chi connectivity index (χ0v) is 10.4. The lowest BCUT2D eigenvalue weighted by molar-refractivity contribution is -0.117. The quantitative estimate of drug-likeness (QED) is 0.779. The summed E-state index contributed by atoms with van der Waals surface area (Å²) in [5.74, 6) is 0.0144. The van der Waals surface area contributed by atoms with Crippen molar-refractivity contribution < 1.29 is 4.79 Å². The maximum absolute atomic E-state index is 12.2. The van der Waals surface area contributed by atoms with Crippen LogP contribution in [0.1, 0.15) is 12.0 Å². The summed E-state index contributed by atoms with van der Waals surface area (Å²) in [5, 5.41) is 7.58. The Kier molecular flexibility index (Phi) is 2.79. The summed E-state index contributed by atoms with van der Waals surface area (Å²) in [6, 6.07) is 9.42. The molecular formula is C14H12N4O. The first kappa shape index (κ1) is 11.5. The molecule has 1 aromatic heterocycles. The van der Waals surface area contributed by atoms with Gasteiger partial charge in [0.15, 0.2) is 0 Å². The van der Waals surface area contributed by atoms with Gasteiger partial charge in [-0.25, -0.2) is 0 Å². The molecule has 1 aliphatic rings. The second-order valence-electron chi connectivity index (χ2n) is 4.31. The van der Waals surface area contributed by atoms with Crippen LogP contribution in [0.25, 0.3) is 0 Å². The predicted molar refractivity (Wildman–Crippen MR) is 72.7 cm³/mol. The van der Waals surface area contributed by atoms with Crippen molar-refractivity contribution in [1.82, 2.24) is 10.2 Å². The van der Waals surface area contributed by atoms with Crippen molar-refractivity contribution in [2.24, 2.45) is 4.99 Å². The average Bonchev–Trinajstić information content (AvgIpc) is 2.58. The number of aliphatic imine (C=N–C) groups is 1. The van der Waals surface area contributed by atoms with E-state index in [0.29, 0.717) is 0 Å². The molecule has 0 saturated carbocycles. The van der Waals surface area contributed by atoms with Crippen molar-refractivity contribution in [2.45, 2.75) is 6.42 Å². The van der Waals surface area contributed by atoms with E-state index in [9.17, 15) is 4.79 Å². The number of para-hydroxylation sites is 2. The summed E-state index contributed by atoms with van der Waals surface area (Å²) in [6.07, 6.45) is 3.49. The van der Waals surface area contributed by atoms with E-state index >= 15 is 0 Å². The van der Waals surface area contributed by atoms with E-state index in [1.807, 2.05) is 30.3 Å². The van der Waals surface area contributed by atoms with E-state index in [1.165, 1.54) is 0 Å². The van der Waals surface area contributed by atoms with Gasteiger partial charge in [-0.15, -0.1) is 0 Å². The third kappa shape index (κ3) is 2.10. The van der Waals surface area contributed by atoms with Crippen molar-refractivity contribution in [3.8, 4) is 0 Å². The zero-order chi connectivity index (χ0) is 13.2. The molecule has 0 bridgehead atoms. The maximum Gasteiger partial charge on any atom is 0.232 e. The van der Waals surface area contributed by atoms with Gasteiger partial charge in [-0.2, -0.15) is 10.2 Å². The highest BCUT2D eigenvalue weighted by Crippen LogP contribution is 2.31. The molecule has 0 radical (unpaired) electrons. The minimum Gasteiger partial charge on any atom is -0.313 e. The summed E-state index contributed by atoms with van der Waals surface area (Å²) in [6.45, 7) is 0. The van der Waals surface area contributed by atoms with E-state index in [2.05, 4.69) is 15.2 Å². The van der Waals surface area contributed by atoms with Crippen molar-refractivity contribution >= 4 is 23.0 Å². The first-order chi connectivity index (χ1) is 9.25. The summed E-state index contributed by atoms with van der Waals surface area (Å²) in [5.41, 5.74) is 3.16. The fourth-order valence-electron chi connectivity index (χ4n) is 2.05. The number of fused-ring (bicyclic) bond motifs is 1. The molecule has 94 valence electrons. The monoisotopic (exact) mass is 252 g/mol. The fourth-order valence-corrected chi connectivity index (χ4v) is 2.05. The lowest BCUT2D eigenvalue weighted by Crippen LogP contribution is -2.27. The van der Waals surface area contributed by atoms with E-state index in [0.717, 1.165) is 22.6 Å². The van der Waals surface area contributed by atoms with Crippen molar-refractivity contribution in [1.29, 1.82) is 0 Å². The molecule has 3 rings (SSSR count). The minimum absolute atomic E-state index is 0.0144. The van der Waals surface area contributed by atoms with E-state index < -0.39 is 0 Å². The lowest BCUT2D eigenvalue weighted by atomic mass is 10.1. The standard InChI is InChI=1S/C14H12N4O/c1-18-13-5-3-2-4-11(13)17-12(8-14(18)19)10-6-7-15-16-9-10/h2-7,9H,8H2,1H3. The number of amides is 1. The largest absolute Gasteiger partial charge is 0.313 e. The molecule has 1 amide bonds. The third-order valence-corrected chi connectivity index (χ3v) is 3.11. The van der Waals surface area contributed by atoms with Crippen LogP contribution < -0.4 is 4.90 Å². The first-order valence-corrected chi connectivity index (χ1v) is 5.96. The Morgan fingerprint density at radius 2 is 2.00 bits per heavy atom. The number of carbonyl (C=O) groups excluding carboxylic acids is 1. The normalized spacial score (nSPS) is 14.7. The van der Waals surface area contributed by atoms with E-state index in [-0.39, 0.29) is 12.3 Å². The summed E-state index contributed by atoms with van der Waals surface area (Å²) >= 11 is 0. The number of hydrogen-bond acceptors (Lipinski definition) is 4. The van der Waals surface area contributed by atoms with Gasteiger partial charge < -0.3 is 4.90 Å². The number of nitrogens with zero attached hydrogens (tertiary/aromatic N) is 4. The zero-order valence-electron chi connectivity index (χ0n) is 10.4. The highest BCUT2D eigenvalue weighted by molar-refractivity contribution is 6.17. The van der Waals surface area contributed by atoms with Gasteiger partial charge in [-0.3, -0.25) is 9.79 Å². The molecule has 2 heterocycles. The van der Waals surface area contributed by atoms with Gasteiger partial charge in [0.1, 0.15) is 0 Å². The smallest absolute Gasteiger partial charge is 0.232 e. The molecule has 0 aliphatic carbocycles. The highest BCUT2D eigenvalue weighted by atomic mass is 16.2. The van der Waals surface area contributed by atoms with Gasteiger partial charge in [0.05, 0.1) is 35.9 Å². The Labute approximate surface area is 110 Å². The maximum atomic E-state index is 12.2. The van der Waals surface area contributed by atoms with Crippen LogP contribution in [0, 0.1) is 0 Å². The number of hydrogen-bond donors (Lipinski definition) is 0. The molecule has 1 aliphatic heterocycles. The van der Waals surface area contributed by atoms with Gasteiger partial charge in [-0.05, 0) is 18.2 Å². The Morgan fingerprint density at radius 1 is 1.16 bits per heavy atom. The van der Waals surface area contributed by atoms with Gasteiger partial charge in [0, 0.05) is 12.6 Å². The lowest BCUT2D eigenvalue weighted by Gasteiger charge is -2.15. The SMILES string of the molecule is CN1C(=O)CC(c2ccnnc2)=Nc2ccccc21. The average molecular weight is 252 g/mol. The van der Waals surface area contributed by atoms with Crippen LogP contribution in [0.15, 0.2) is 47.7 Å². The van der Waals surface area contributed by atoms with Gasteiger partial charge in [0.25, 0.3) is 0 Å². The Hall–Kier alpha value is -2.56. The molecule has 2 aromatic rings.